The molecule has 2 atom stereocenters. The number of carbonyl (C=O) groups excluding carboxylic acids is 1. The van der Waals surface area contributed by atoms with Gasteiger partial charge in [-0.05, 0) is 56.5 Å². The molecular formula is C22H26FN3O3S. The summed E-state index contributed by atoms with van der Waals surface area (Å²) < 4.78 is 40.6. The van der Waals surface area contributed by atoms with Crippen LogP contribution in [0.25, 0.3) is 0 Å². The summed E-state index contributed by atoms with van der Waals surface area (Å²) in [6.07, 6.45) is 0.974. The molecule has 0 aromatic heterocycles. The molecule has 0 unspecified atom stereocenters. The Bertz CT molecular complexity index is 1020. The molecule has 1 spiro atoms. The van der Waals surface area contributed by atoms with Crippen molar-refractivity contribution in [2.24, 2.45) is 0 Å². The van der Waals surface area contributed by atoms with Crippen LogP contribution in [0.15, 0.2) is 59.5 Å². The fourth-order valence-electron chi connectivity index (χ4n) is 4.63. The highest BCUT2D eigenvalue weighted by Crippen LogP contribution is 2.39. The van der Waals surface area contributed by atoms with Crippen LogP contribution < -0.4 is 5.32 Å². The van der Waals surface area contributed by atoms with Crippen LogP contribution in [0.5, 0.6) is 0 Å². The van der Waals surface area contributed by atoms with Gasteiger partial charge in [-0.1, -0.05) is 30.3 Å². The topological polar surface area (TPSA) is 69.7 Å². The van der Waals surface area contributed by atoms with Crippen molar-refractivity contribution in [2.45, 2.75) is 49.3 Å². The van der Waals surface area contributed by atoms with Crippen molar-refractivity contribution >= 4 is 15.9 Å². The molecule has 0 aliphatic carbocycles. The maximum atomic E-state index is 13.2. The maximum Gasteiger partial charge on any atom is 0.243 e. The van der Waals surface area contributed by atoms with Crippen molar-refractivity contribution in [1.29, 1.82) is 0 Å². The first-order chi connectivity index (χ1) is 14.2. The normalized spacial score (nSPS) is 23.1. The zero-order valence-electron chi connectivity index (χ0n) is 17.1. The molecular weight excluding hydrogens is 405 g/mol. The summed E-state index contributed by atoms with van der Waals surface area (Å²) in [6.45, 7) is 4.43. The van der Waals surface area contributed by atoms with Gasteiger partial charge in [-0.15, -0.1) is 0 Å². The smallest absolute Gasteiger partial charge is 0.243 e. The third-order valence-electron chi connectivity index (χ3n) is 6.22. The number of nitrogens with one attached hydrogen (secondary N) is 1. The van der Waals surface area contributed by atoms with Crippen LogP contribution in [0.3, 0.4) is 0 Å². The van der Waals surface area contributed by atoms with Gasteiger partial charge in [0.1, 0.15) is 5.82 Å². The van der Waals surface area contributed by atoms with E-state index in [1.807, 2.05) is 49.1 Å². The van der Waals surface area contributed by atoms with Gasteiger partial charge >= 0.3 is 0 Å². The molecule has 1 amide bonds. The Labute approximate surface area is 176 Å². The third kappa shape index (κ3) is 3.53. The summed E-state index contributed by atoms with van der Waals surface area (Å²) in [7, 11) is -3.71. The van der Waals surface area contributed by atoms with E-state index in [0.29, 0.717) is 12.8 Å². The number of sulfonamides is 1. The third-order valence-corrected chi connectivity index (χ3v) is 8.14. The lowest BCUT2D eigenvalue weighted by molar-refractivity contribution is -0.136. The van der Waals surface area contributed by atoms with E-state index in [1.165, 1.54) is 16.4 Å². The standard InChI is InChI=1S/C22H26FN3O3S/c1-16-21(27)26(17(2)18-6-4-3-5-7-18)22(24-16)12-14-25(15-13-22)30(28,29)20-10-8-19(23)9-11-20/h3-11,16-17,24H,12-15H2,1-2H3/t16-,17+/m1/s1. The molecule has 2 aromatic rings. The van der Waals surface area contributed by atoms with E-state index in [2.05, 4.69) is 5.32 Å². The number of nitrogens with zero attached hydrogens (tertiary/aromatic N) is 2. The SMILES string of the molecule is C[C@H]1NC2(CCN(S(=O)(=O)c3ccc(F)cc3)CC2)N([C@@H](C)c2ccccc2)C1=O. The van der Waals surface area contributed by atoms with Crippen molar-refractivity contribution in [3.05, 3.63) is 66.0 Å². The van der Waals surface area contributed by atoms with Crippen molar-refractivity contribution in [2.75, 3.05) is 13.1 Å². The first-order valence-electron chi connectivity index (χ1n) is 10.2. The van der Waals surface area contributed by atoms with E-state index in [9.17, 15) is 17.6 Å². The number of carbonyl (C=O) groups is 1. The molecule has 30 heavy (non-hydrogen) atoms. The lowest BCUT2D eigenvalue weighted by atomic mass is 9.94. The summed E-state index contributed by atoms with van der Waals surface area (Å²) in [5, 5.41) is 3.44. The average molecular weight is 432 g/mol. The Balaban J connectivity index is 1.57. The van der Waals surface area contributed by atoms with Crippen LogP contribution in [0.1, 0.15) is 38.3 Å². The van der Waals surface area contributed by atoms with Crippen LogP contribution in [0, 0.1) is 5.82 Å². The van der Waals surface area contributed by atoms with Crippen molar-refractivity contribution in [1.82, 2.24) is 14.5 Å². The predicted molar refractivity (Wildman–Crippen MR) is 111 cm³/mol. The van der Waals surface area contributed by atoms with Gasteiger partial charge < -0.3 is 4.90 Å². The summed E-state index contributed by atoms with van der Waals surface area (Å²) in [4.78, 5) is 15.0. The first-order valence-corrected chi connectivity index (χ1v) is 11.6. The zero-order valence-corrected chi connectivity index (χ0v) is 17.9. The second-order valence-corrected chi connectivity index (χ2v) is 9.99. The van der Waals surface area contributed by atoms with E-state index in [4.69, 9.17) is 0 Å². The minimum atomic E-state index is -3.71. The number of hydrogen-bond donors (Lipinski definition) is 1. The molecule has 8 heteroatoms. The molecule has 4 rings (SSSR count). The summed E-state index contributed by atoms with van der Waals surface area (Å²) in [5.41, 5.74) is 0.461. The van der Waals surface area contributed by atoms with Gasteiger partial charge in [0.2, 0.25) is 15.9 Å². The Hall–Kier alpha value is -2.29. The van der Waals surface area contributed by atoms with E-state index in [-0.39, 0.29) is 36.0 Å². The Morgan fingerprint density at radius 2 is 1.67 bits per heavy atom. The molecule has 2 fully saturated rings. The fourth-order valence-corrected chi connectivity index (χ4v) is 6.07. The van der Waals surface area contributed by atoms with Gasteiger partial charge in [0.15, 0.2) is 0 Å². The molecule has 2 saturated heterocycles. The highest BCUT2D eigenvalue weighted by molar-refractivity contribution is 7.89. The molecule has 2 aliphatic heterocycles. The van der Waals surface area contributed by atoms with Crippen LogP contribution in [-0.4, -0.2) is 48.3 Å². The van der Waals surface area contributed by atoms with Gasteiger partial charge in [-0.25, -0.2) is 12.8 Å². The number of hydrogen-bond acceptors (Lipinski definition) is 4. The van der Waals surface area contributed by atoms with Gasteiger partial charge in [-0.2, -0.15) is 4.31 Å². The molecule has 1 N–H and O–H groups in total. The molecule has 2 aliphatic rings. The van der Waals surface area contributed by atoms with E-state index in [0.717, 1.165) is 17.7 Å². The van der Waals surface area contributed by atoms with Gasteiger partial charge in [0.05, 0.1) is 22.6 Å². The summed E-state index contributed by atoms with van der Waals surface area (Å²) in [5.74, 6) is -0.444. The Kier molecular flexibility index (Phi) is 5.42. The Morgan fingerprint density at radius 1 is 1.07 bits per heavy atom. The second kappa shape index (κ2) is 7.76. The lowest BCUT2D eigenvalue weighted by Gasteiger charge is -2.46. The number of benzene rings is 2. The molecule has 2 heterocycles. The summed E-state index contributed by atoms with van der Waals surface area (Å²) in [6, 6.07) is 14.3. The minimum absolute atomic E-state index is 0.0289. The average Bonchev–Trinajstić information content (AvgIpc) is 2.98. The highest BCUT2D eigenvalue weighted by atomic mass is 32.2. The van der Waals surface area contributed by atoms with E-state index < -0.39 is 21.5 Å². The molecule has 6 nitrogen and oxygen atoms in total. The summed E-state index contributed by atoms with van der Waals surface area (Å²) >= 11 is 0. The van der Waals surface area contributed by atoms with Crippen LogP contribution in [-0.2, 0) is 14.8 Å². The lowest BCUT2D eigenvalue weighted by Crippen LogP contribution is -2.59. The van der Waals surface area contributed by atoms with Crippen LogP contribution >= 0.6 is 0 Å². The van der Waals surface area contributed by atoms with Crippen LogP contribution in [0.4, 0.5) is 4.39 Å². The van der Waals surface area contributed by atoms with Crippen LogP contribution in [0.2, 0.25) is 0 Å². The van der Waals surface area contributed by atoms with Gasteiger partial charge in [0, 0.05) is 13.1 Å². The number of rotatable bonds is 4. The first kappa shape index (κ1) is 21.0. The largest absolute Gasteiger partial charge is 0.316 e. The number of piperidine rings is 1. The number of amides is 1. The molecule has 160 valence electrons. The van der Waals surface area contributed by atoms with E-state index >= 15 is 0 Å². The fraction of sp³-hybridized carbons (Fsp3) is 0.409. The van der Waals surface area contributed by atoms with Crippen molar-refractivity contribution < 1.29 is 17.6 Å². The molecule has 0 saturated carbocycles. The minimum Gasteiger partial charge on any atom is -0.316 e. The Morgan fingerprint density at radius 3 is 2.27 bits per heavy atom. The van der Waals surface area contributed by atoms with Crippen molar-refractivity contribution in [3.63, 3.8) is 0 Å². The van der Waals surface area contributed by atoms with Gasteiger partial charge in [0.25, 0.3) is 0 Å². The van der Waals surface area contributed by atoms with Crippen molar-refractivity contribution in [3.8, 4) is 0 Å². The molecule has 2 aromatic carbocycles. The monoisotopic (exact) mass is 431 g/mol. The quantitative estimate of drug-likeness (QED) is 0.808. The zero-order chi connectivity index (χ0) is 21.5. The molecule has 0 radical (unpaired) electrons. The second-order valence-electron chi connectivity index (χ2n) is 8.05. The molecule has 0 bridgehead atoms. The number of halogens is 1. The predicted octanol–water partition coefficient (Wildman–Crippen LogP) is 2.89. The maximum absolute atomic E-state index is 13.2. The highest BCUT2D eigenvalue weighted by Gasteiger charge is 2.52. The van der Waals surface area contributed by atoms with E-state index in [1.54, 1.807) is 0 Å². The van der Waals surface area contributed by atoms with Gasteiger partial charge in [-0.3, -0.25) is 10.1 Å².